The maximum Gasteiger partial charge on any atom is 0.262 e. The van der Waals surface area contributed by atoms with E-state index in [-0.39, 0.29) is 4.90 Å². The summed E-state index contributed by atoms with van der Waals surface area (Å²) in [6.07, 6.45) is 0. The number of hydrogen-bond donors (Lipinski definition) is 1. The molecule has 108 valence electrons. The topological polar surface area (TPSA) is 55.0 Å². The van der Waals surface area contributed by atoms with E-state index in [1.807, 2.05) is 44.2 Å². The predicted octanol–water partition coefficient (Wildman–Crippen LogP) is 1.58. The Morgan fingerprint density at radius 1 is 1.10 bits per heavy atom. The minimum Gasteiger partial charge on any atom is -0.272 e. The van der Waals surface area contributed by atoms with Crippen molar-refractivity contribution in [3.05, 3.63) is 41.2 Å². The largest absolute Gasteiger partial charge is 0.272 e. The third-order valence-corrected chi connectivity index (χ3v) is 5.08. The van der Waals surface area contributed by atoms with Crippen LogP contribution in [0.3, 0.4) is 0 Å². The number of anilines is 1. The molecule has 0 amide bonds. The Kier molecular flexibility index (Phi) is 3.60. The van der Waals surface area contributed by atoms with E-state index < -0.39 is 10.0 Å². The van der Waals surface area contributed by atoms with Gasteiger partial charge in [0.1, 0.15) is 11.4 Å². The molecule has 0 fully saturated rings. The van der Waals surface area contributed by atoms with Crippen LogP contribution in [0.1, 0.15) is 17.0 Å². The number of nitrogens with one attached hydrogen (secondary N) is 1. The lowest BCUT2D eigenvalue weighted by Crippen LogP contribution is -2.39. The lowest BCUT2D eigenvalue weighted by molar-refractivity contribution is -0.756. The number of aromatic nitrogens is 2. The van der Waals surface area contributed by atoms with Crippen molar-refractivity contribution >= 4 is 15.7 Å². The van der Waals surface area contributed by atoms with Crippen molar-refractivity contribution < 1.29 is 13.1 Å². The van der Waals surface area contributed by atoms with E-state index in [1.165, 1.54) is 0 Å². The molecule has 0 aliphatic heterocycles. The fourth-order valence-corrected chi connectivity index (χ4v) is 3.27. The quantitative estimate of drug-likeness (QED) is 0.874. The molecule has 0 unspecified atom stereocenters. The predicted molar refractivity (Wildman–Crippen MR) is 78.1 cm³/mol. The van der Waals surface area contributed by atoms with Crippen LogP contribution in [-0.4, -0.2) is 13.1 Å². The van der Waals surface area contributed by atoms with E-state index in [1.54, 1.807) is 24.3 Å². The van der Waals surface area contributed by atoms with Gasteiger partial charge in [-0.05, 0) is 26.0 Å². The van der Waals surface area contributed by atoms with E-state index in [2.05, 4.69) is 4.72 Å². The molecule has 0 atom stereocenters. The lowest BCUT2D eigenvalue weighted by atomic mass is 10.2. The Morgan fingerprint density at radius 3 is 2.10 bits per heavy atom. The summed E-state index contributed by atoms with van der Waals surface area (Å²) in [5.41, 5.74) is 3.42. The van der Waals surface area contributed by atoms with E-state index in [0.29, 0.717) is 5.69 Å². The smallest absolute Gasteiger partial charge is 0.262 e. The Morgan fingerprint density at radius 2 is 1.65 bits per heavy atom. The first-order valence-corrected chi connectivity index (χ1v) is 7.84. The molecule has 2 rings (SSSR count). The van der Waals surface area contributed by atoms with Gasteiger partial charge in [-0.2, -0.15) is 4.68 Å². The molecule has 0 saturated carbocycles. The Balaban J connectivity index is 2.44. The Hall–Kier alpha value is -1.82. The van der Waals surface area contributed by atoms with Crippen molar-refractivity contribution in [3.8, 4) is 0 Å². The van der Waals surface area contributed by atoms with Gasteiger partial charge < -0.3 is 0 Å². The van der Waals surface area contributed by atoms with Crippen LogP contribution in [-0.2, 0) is 24.1 Å². The standard InChI is InChI=1S/C14H20N3O2S/c1-10-6-8-13(9-7-10)20(18,19)15-14-11(2)16(4)17(5)12(14)3/h6-9,15H,1-5H3/q+1. The van der Waals surface area contributed by atoms with Gasteiger partial charge >= 0.3 is 0 Å². The summed E-state index contributed by atoms with van der Waals surface area (Å²) in [6.45, 7) is 5.70. The van der Waals surface area contributed by atoms with Crippen LogP contribution in [0, 0.1) is 20.8 Å². The molecule has 0 aliphatic carbocycles. The summed E-state index contributed by atoms with van der Waals surface area (Å²) in [7, 11) is 0.235. The van der Waals surface area contributed by atoms with Crippen molar-refractivity contribution in [2.75, 3.05) is 4.72 Å². The molecule has 0 aliphatic rings. The van der Waals surface area contributed by atoms with Crippen LogP contribution in [0.4, 0.5) is 5.69 Å². The first kappa shape index (κ1) is 14.6. The van der Waals surface area contributed by atoms with Crippen LogP contribution in [0.5, 0.6) is 0 Å². The summed E-state index contributed by atoms with van der Waals surface area (Å²) >= 11 is 0. The maximum absolute atomic E-state index is 12.4. The van der Waals surface area contributed by atoms with Gasteiger partial charge in [0.2, 0.25) is 5.69 Å². The molecule has 1 aromatic carbocycles. The fraction of sp³-hybridized carbons (Fsp3) is 0.357. The Labute approximate surface area is 119 Å². The number of benzene rings is 1. The fourth-order valence-electron chi connectivity index (χ4n) is 2.09. The molecule has 0 radical (unpaired) electrons. The summed E-state index contributed by atoms with van der Waals surface area (Å²) in [4.78, 5) is 0.272. The first-order valence-electron chi connectivity index (χ1n) is 6.35. The van der Waals surface area contributed by atoms with Gasteiger partial charge in [0.25, 0.3) is 10.0 Å². The second-order valence-corrected chi connectivity index (χ2v) is 6.69. The van der Waals surface area contributed by atoms with E-state index >= 15 is 0 Å². The molecule has 5 nitrogen and oxygen atoms in total. The average Bonchev–Trinajstić information content (AvgIpc) is 2.57. The highest BCUT2D eigenvalue weighted by Crippen LogP contribution is 2.21. The minimum absolute atomic E-state index is 0.272. The third kappa shape index (κ3) is 2.43. The number of rotatable bonds is 3. The van der Waals surface area contributed by atoms with Crippen molar-refractivity contribution in [3.63, 3.8) is 0 Å². The Bertz CT molecular complexity index is 718. The molecular weight excluding hydrogens is 274 g/mol. The van der Waals surface area contributed by atoms with Gasteiger partial charge in [-0.1, -0.05) is 17.7 Å². The lowest BCUT2D eigenvalue weighted by Gasteiger charge is -2.07. The van der Waals surface area contributed by atoms with Crippen LogP contribution in [0.15, 0.2) is 29.2 Å². The zero-order valence-electron chi connectivity index (χ0n) is 12.4. The first-order chi connectivity index (χ1) is 9.24. The highest BCUT2D eigenvalue weighted by Gasteiger charge is 2.24. The second kappa shape index (κ2) is 4.94. The molecular formula is C14H20N3O2S+. The van der Waals surface area contributed by atoms with Crippen LogP contribution < -0.4 is 9.40 Å². The molecule has 0 bridgehead atoms. The van der Waals surface area contributed by atoms with Gasteiger partial charge in [0.05, 0.1) is 11.9 Å². The van der Waals surface area contributed by atoms with Crippen molar-refractivity contribution in [2.24, 2.45) is 14.1 Å². The van der Waals surface area contributed by atoms with Gasteiger partial charge in [0, 0.05) is 6.92 Å². The molecule has 0 spiro atoms. The highest BCUT2D eigenvalue weighted by atomic mass is 32.2. The number of nitrogens with zero attached hydrogens (tertiary/aromatic N) is 2. The molecule has 20 heavy (non-hydrogen) atoms. The van der Waals surface area contributed by atoms with Gasteiger partial charge in [-0.15, -0.1) is 4.68 Å². The van der Waals surface area contributed by atoms with E-state index in [9.17, 15) is 8.42 Å². The van der Waals surface area contributed by atoms with Crippen molar-refractivity contribution in [1.82, 2.24) is 4.68 Å². The molecule has 6 heteroatoms. The van der Waals surface area contributed by atoms with E-state index in [4.69, 9.17) is 0 Å². The minimum atomic E-state index is -3.56. The zero-order chi connectivity index (χ0) is 15.1. The number of hydrogen-bond acceptors (Lipinski definition) is 2. The summed E-state index contributed by atoms with van der Waals surface area (Å²) in [5, 5.41) is 0. The highest BCUT2D eigenvalue weighted by molar-refractivity contribution is 7.92. The van der Waals surface area contributed by atoms with Crippen molar-refractivity contribution in [2.45, 2.75) is 25.7 Å². The van der Waals surface area contributed by atoms with Crippen LogP contribution in [0.2, 0.25) is 0 Å². The SMILES string of the molecule is Cc1ccc(S(=O)(=O)Nc2c(C)n(C)[n+](C)c2C)cc1. The molecule has 1 N–H and O–H groups in total. The van der Waals surface area contributed by atoms with Gasteiger partial charge in [-0.25, -0.2) is 8.42 Å². The number of sulfonamides is 1. The van der Waals surface area contributed by atoms with E-state index in [0.717, 1.165) is 17.0 Å². The summed E-state index contributed by atoms with van der Waals surface area (Å²) < 4.78 is 31.3. The van der Waals surface area contributed by atoms with Crippen molar-refractivity contribution in [1.29, 1.82) is 0 Å². The summed E-state index contributed by atoms with van der Waals surface area (Å²) in [6, 6.07) is 6.81. The van der Waals surface area contributed by atoms with Crippen LogP contribution >= 0.6 is 0 Å². The normalized spacial score (nSPS) is 11.7. The molecule has 1 aromatic heterocycles. The third-order valence-electron chi connectivity index (χ3n) is 3.71. The van der Waals surface area contributed by atoms with Gasteiger partial charge in [-0.3, -0.25) is 4.72 Å². The average molecular weight is 294 g/mol. The molecule has 1 heterocycles. The second-order valence-electron chi connectivity index (χ2n) is 5.01. The monoisotopic (exact) mass is 294 g/mol. The number of aryl methyl sites for hydroxylation is 1. The zero-order valence-corrected chi connectivity index (χ0v) is 13.2. The summed E-state index contributed by atoms with van der Waals surface area (Å²) in [5.74, 6) is 0. The molecule has 0 saturated heterocycles. The molecule has 2 aromatic rings. The maximum atomic E-state index is 12.4. The van der Waals surface area contributed by atoms with Gasteiger partial charge in [0.15, 0.2) is 7.05 Å². The van der Waals surface area contributed by atoms with Crippen LogP contribution in [0.25, 0.3) is 0 Å².